The number of thiocarbonyl (C=S) groups is 1. The number of hydrogen-bond acceptors (Lipinski definition) is 4. The van der Waals surface area contributed by atoms with Crippen LogP contribution in [0.5, 0.6) is 0 Å². The van der Waals surface area contributed by atoms with E-state index in [1.807, 2.05) is 25.1 Å². The fourth-order valence-corrected chi connectivity index (χ4v) is 4.18. The second kappa shape index (κ2) is 10.5. The Morgan fingerprint density at radius 2 is 1.71 bits per heavy atom. The predicted molar refractivity (Wildman–Crippen MR) is 142 cm³/mol. The van der Waals surface area contributed by atoms with Gasteiger partial charge in [-0.2, -0.15) is 4.80 Å². The summed E-state index contributed by atoms with van der Waals surface area (Å²) in [4.78, 5) is 14.1. The summed E-state index contributed by atoms with van der Waals surface area (Å²) in [5, 5.41) is 15.5. The molecule has 34 heavy (non-hydrogen) atoms. The van der Waals surface area contributed by atoms with Gasteiger partial charge in [0.15, 0.2) is 5.11 Å². The molecule has 1 amide bonds. The monoisotopic (exact) mass is 511 g/mol. The Morgan fingerprint density at radius 1 is 1.00 bits per heavy atom. The van der Waals surface area contributed by atoms with Crippen LogP contribution in [0, 0.1) is 6.92 Å². The van der Waals surface area contributed by atoms with Crippen molar-refractivity contribution in [3.8, 4) is 5.69 Å². The summed E-state index contributed by atoms with van der Waals surface area (Å²) in [5.74, 6) is -0.409. The molecule has 0 saturated carbocycles. The average Bonchev–Trinajstić information content (AvgIpc) is 3.20. The maximum atomic E-state index is 12.5. The molecule has 2 N–H and O–H groups in total. The molecular weight excluding hydrogens is 489 g/mol. The van der Waals surface area contributed by atoms with Crippen LogP contribution in [0.4, 0.5) is 5.69 Å². The van der Waals surface area contributed by atoms with E-state index < -0.39 is 5.91 Å². The number of amides is 1. The minimum absolute atomic E-state index is 0.0953. The molecule has 0 spiro atoms. The van der Waals surface area contributed by atoms with Crippen molar-refractivity contribution in [3.05, 3.63) is 81.3 Å². The number of fused-ring (bicyclic) bond motifs is 1. The number of aryl methyl sites for hydroxylation is 2. The zero-order valence-electron chi connectivity index (χ0n) is 18.7. The Hall–Kier alpha value is -3.00. The van der Waals surface area contributed by atoms with Crippen LogP contribution in [-0.4, -0.2) is 26.0 Å². The molecule has 9 heteroatoms. The van der Waals surface area contributed by atoms with Crippen molar-refractivity contribution >= 4 is 63.2 Å². The smallest absolute Gasteiger partial charge is 0.258 e. The maximum Gasteiger partial charge on any atom is 0.258 e. The van der Waals surface area contributed by atoms with Crippen LogP contribution in [-0.2, 0) is 6.42 Å². The van der Waals surface area contributed by atoms with E-state index in [9.17, 15) is 4.79 Å². The number of carbonyl (C=O) groups is 1. The van der Waals surface area contributed by atoms with Gasteiger partial charge in [-0.3, -0.25) is 10.1 Å². The number of benzene rings is 3. The highest BCUT2D eigenvalue weighted by Gasteiger charge is 2.14. The lowest BCUT2D eigenvalue weighted by atomic mass is 10.1. The number of aromatic nitrogens is 3. The van der Waals surface area contributed by atoms with E-state index in [2.05, 4.69) is 39.9 Å². The maximum absolute atomic E-state index is 12.5. The molecule has 0 atom stereocenters. The number of anilines is 1. The standard InChI is InChI=1S/C25H23Cl2N5OS/c1-3-4-5-16-7-9-17(10-8-16)32-30-22-13-20(27)21(14-23(22)31-32)28-25(34)29-24(33)18-11-6-15(2)12-19(18)26/h6-14H,3-5H2,1-2H3,(H2,28,29,33,34). The van der Waals surface area contributed by atoms with Crippen LogP contribution < -0.4 is 10.6 Å². The first kappa shape index (κ1) is 24.1. The van der Waals surface area contributed by atoms with Crippen molar-refractivity contribution in [1.29, 1.82) is 0 Å². The van der Waals surface area contributed by atoms with Crippen molar-refractivity contribution < 1.29 is 4.79 Å². The quantitative estimate of drug-likeness (QED) is 0.289. The van der Waals surface area contributed by atoms with Crippen molar-refractivity contribution in [1.82, 2.24) is 20.3 Å². The van der Waals surface area contributed by atoms with Crippen LogP contribution >= 0.6 is 35.4 Å². The van der Waals surface area contributed by atoms with Crippen molar-refractivity contribution in [2.24, 2.45) is 0 Å². The molecule has 1 heterocycles. The van der Waals surface area contributed by atoms with E-state index in [0.29, 0.717) is 32.3 Å². The van der Waals surface area contributed by atoms with Crippen molar-refractivity contribution in [3.63, 3.8) is 0 Å². The normalized spacial score (nSPS) is 10.9. The number of carbonyl (C=O) groups excluding carboxylic acids is 1. The fraction of sp³-hybridized carbons (Fsp3) is 0.200. The van der Waals surface area contributed by atoms with E-state index in [4.69, 9.17) is 35.4 Å². The number of rotatable bonds is 6. The Labute approximate surface area is 213 Å². The summed E-state index contributed by atoms with van der Waals surface area (Å²) in [6.07, 6.45) is 3.39. The molecule has 0 fully saturated rings. The molecule has 4 rings (SSSR count). The van der Waals surface area contributed by atoms with Crippen LogP contribution in [0.25, 0.3) is 16.7 Å². The first-order valence-corrected chi connectivity index (χ1v) is 12.0. The molecule has 0 aliphatic heterocycles. The third kappa shape index (κ3) is 5.55. The second-order valence-electron chi connectivity index (χ2n) is 7.97. The van der Waals surface area contributed by atoms with E-state index in [-0.39, 0.29) is 5.11 Å². The predicted octanol–water partition coefficient (Wildman–Crippen LogP) is 6.51. The van der Waals surface area contributed by atoms with Gasteiger partial charge in [-0.1, -0.05) is 54.7 Å². The summed E-state index contributed by atoms with van der Waals surface area (Å²) in [5.41, 5.74) is 5.24. The van der Waals surface area contributed by atoms with Gasteiger partial charge in [-0.05, 0) is 79.5 Å². The molecule has 0 aliphatic carbocycles. The Morgan fingerprint density at radius 3 is 2.38 bits per heavy atom. The Kier molecular flexibility index (Phi) is 7.46. The number of nitrogens with zero attached hydrogens (tertiary/aromatic N) is 3. The van der Waals surface area contributed by atoms with Crippen LogP contribution in [0.3, 0.4) is 0 Å². The number of hydrogen-bond donors (Lipinski definition) is 2. The van der Waals surface area contributed by atoms with Crippen LogP contribution in [0.2, 0.25) is 10.0 Å². The molecule has 6 nitrogen and oxygen atoms in total. The van der Waals surface area contributed by atoms with Gasteiger partial charge in [0, 0.05) is 0 Å². The largest absolute Gasteiger partial charge is 0.331 e. The molecule has 3 aromatic carbocycles. The van der Waals surface area contributed by atoms with E-state index in [1.54, 1.807) is 29.1 Å². The summed E-state index contributed by atoms with van der Waals surface area (Å²) >= 11 is 17.9. The molecule has 0 saturated heterocycles. The third-order valence-corrected chi connectivity index (χ3v) is 6.13. The summed E-state index contributed by atoms with van der Waals surface area (Å²) in [7, 11) is 0. The molecule has 1 aromatic heterocycles. The number of unbranched alkanes of at least 4 members (excludes halogenated alkanes) is 1. The number of halogens is 2. The Balaban J connectivity index is 1.49. The second-order valence-corrected chi connectivity index (χ2v) is 9.19. The fourth-order valence-electron chi connectivity index (χ4n) is 3.45. The molecule has 4 aromatic rings. The van der Waals surface area contributed by atoms with Gasteiger partial charge in [-0.15, -0.1) is 10.2 Å². The average molecular weight is 512 g/mol. The van der Waals surface area contributed by atoms with Crippen LogP contribution in [0.15, 0.2) is 54.6 Å². The first-order chi connectivity index (χ1) is 16.3. The molecule has 174 valence electrons. The van der Waals surface area contributed by atoms with Gasteiger partial charge < -0.3 is 5.32 Å². The lowest BCUT2D eigenvalue weighted by molar-refractivity contribution is 0.0978. The van der Waals surface area contributed by atoms with Crippen LogP contribution in [0.1, 0.15) is 41.3 Å². The van der Waals surface area contributed by atoms with E-state index in [0.717, 1.165) is 30.5 Å². The van der Waals surface area contributed by atoms with Gasteiger partial charge in [0.2, 0.25) is 0 Å². The highest BCUT2D eigenvalue weighted by Crippen LogP contribution is 2.27. The molecule has 0 aliphatic rings. The topological polar surface area (TPSA) is 71.8 Å². The lowest BCUT2D eigenvalue weighted by Gasteiger charge is -2.11. The Bertz CT molecular complexity index is 1370. The van der Waals surface area contributed by atoms with E-state index >= 15 is 0 Å². The SMILES string of the molecule is CCCCc1ccc(-n2nc3cc(Cl)c(NC(=S)NC(=O)c4ccc(C)cc4Cl)cc3n2)cc1. The van der Waals surface area contributed by atoms with E-state index in [1.165, 1.54) is 5.56 Å². The summed E-state index contributed by atoms with van der Waals surface area (Å²) < 4.78 is 0. The molecule has 0 unspecified atom stereocenters. The minimum Gasteiger partial charge on any atom is -0.331 e. The highest BCUT2D eigenvalue weighted by molar-refractivity contribution is 7.80. The lowest BCUT2D eigenvalue weighted by Crippen LogP contribution is -2.34. The number of nitrogens with one attached hydrogen (secondary N) is 2. The summed E-state index contributed by atoms with van der Waals surface area (Å²) in [6, 6.07) is 16.8. The molecule has 0 radical (unpaired) electrons. The van der Waals surface area contributed by atoms with Gasteiger partial charge in [0.1, 0.15) is 11.0 Å². The summed E-state index contributed by atoms with van der Waals surface area (Å²) in [6.45, 7) is 4.08. The van der Waals surface area contributed by atoms with Crippen molar-refractivity contribution in [2.75, 3.05) is 5.32 Å². The van der Waals surface area contributed by atoms with Gasteiger partial charge in [0.25, 0.3) is 5.91 Å². The van der Waals surface area contributed by atoms with Gasteiger partial charge in [-0.25, -0.2) is 0 Å². The van der Waals surface area contributed by atoms with Crippen molar-refractivity contribution in [2.45, 2.75) is 33.1 Å². The minimum atomic E-state index is -0.409. The molecule has 0 bridgehead atoms. The zero-order chi connectivity index (χ0) is 24.2. The highest BCUT2D eigenvalue weighted by atomic mass is 35.5. The molecular formula is C25H23Cl2N5OS. The third-order valence-electron chi connectivity index (χ3n) is 5.30. The van der Waals surface area contributed by atoms with Gasteiger partial charge in [0.05, 0.1) is 27.0 Å². The van der Waals surface area contributed by atoms with Gasteiger partial charge >= 0.3 is 0 Å². The first-order valence-electron chi connectivity index (χ1n) is 10.9. The zero-order valence-corrected chi connectivity index (χ0v) is 21.1.